The van der Waals surface area contributed by atoms with Gasteiger partial charge in [-0.3, -0.25) is 19.3 Å². The maximum absolute atomic E-state index is 12.5. The van der Waals surface area contributed by atoms with Gasteiger partial charge >= 0.3 is 11.8 Å². The van der Waals surface area contributed by atoms with Crippen molar-refractivity contribution in [3.63, 3.8) is 0 Å². The number of rotatable bonds is 6. The van der Waals surface area contributed by atoms with Crippen LogP contribution in [-0.2, 0) is 16.1 Å². The van der Waals surface area contributed by atoms with Crippen LogP contribution in [0, 0.1) is 0 Å². The molecule has 1 aromatic carbocycles. The van der Waals surface area contributed by atoms with E-state index in [9.17, 15) is 14.4 Å². The summed E-state index contributed by atoms with van der Waals surface area (Å²) in [5, 5.41) is 5.12. The van der Waals surface area contributed by atoms with E-state index >= 15 is 0 Å². The highest BCUT2D eigenvalue weighted by atomic mass is 79.9. The minimum Gasteiger partial charge on any atom is -0.467 e. The number of piperazine rings is 1. The van der Waals surface area contributed by atoms with Gasteiger partial charge in [-0.1, -0.05) is 15.9 Å². The number of furan rings is 1. The number of nitrogens with one attached hydrogen (secondary N) is 2. The van der Waals surface area contributed by atoms with Gasteiger partial charge < -0.3 is 20.0 Å². The minimum atomic E-state index is -0.689. The number of halogens is 1. The van der Waals surface area contributed by atoms with Crippen LogP contribution in [0.25, 0.3) is 0 Å². The van der Waals surface area contributed by atoms with Crippen molar-refractivity contribution >= 4 is 33.7 Å². The molecule has 1 aliphatic heterocycles. The smallest absolute Gasteiger partial charge is 0.309 e. The van der Waals surface area contributed by atoms with Crippen LogP contribution in [0.4, 0.5) is 0 Å². The maximum atomic E-state index is 12.5. The highest BCUT2D eigenvalue weighted by Crippen LogP contribution is 2.13. The van der Waals surface area contributed by atoms with Gasteiger partial charge in [-0.25, -0.2) is 0 Å². The van der Waals surface area contributed by atoms with Gasteiger partial charge in [0.25, 0.3) is 5.91 Å². The van der Waals surface area contributed by atoms with E-state index in [4.69, 9.17) is 4.42 Å². The fourth-order valence-corrected chi connectivity index (χ4v) is 3.28. The lowest BCUT2D eigenvalue weighted by Gasteiger charge is -2.34. The third-order valence-corrected chi connectivity index (χ3v) is 5.20. The molecule has 8 nitrogen and oxygen atoms in total. The Balaban J connectivity index is 1.33. The standard InChI is InChI=1S/C20H23BrN4O4/c21-16-5-3-15(4-6-16)20(28)25-11-9-24(10-12-25)8-7-22-18(26)19(27)23-14-17-2-1-13-29-17/h1-6,13H,7-12,14H2,(H,22,26)(H,23,27). The van der Waals surface area contributed by atoms with Crippen molar-refractivity contribution in [1.82, 2.24) is 20.4 Å². The summed E-state index contributed by atoms with van der Waals surface area (Å²) in [7, 11) is 0. The Morgan fingerprint density at radius 2 is 1.66 bits per heavy atom. The normalized spacial score (nSPS) is 14.4. The summed E-state index contributed by atoms with van der Waals surface area (Å²) in [6.45, 7) is 3.88. The predicted molar refractivity (Wildman–Crippen MR) is 110 cm³/mol. The second-order valence-corrected chi connectivity index (χ2v) is 7.57. The summed E-state index contributed by atoms with van der Waals surface area (Å²) in [6.07, 6.45) is 1.51. The first-order chi connectivity index (χ1) is 14.0. The van der Waals surface area contributed by atoms with Crippen molar-refractivity contribution in [3.8, 4) is 0 Å². The number of carbonyl (C=O) groups excluding carboxylic acids is 3. The van der Waals surface area contributed by atoms with E-state index in [2.05, 4.69) is 31.5 Å². The van der Waals surface area contributed by atoms with Gasteiger partial charge in [-0.15, -0.1) is 0 Å². The molecule has 154 valence electrons. The van der Waals surface area contributed by atoms with Crippen LogP contribution in [0.2, 0.25) is 0 Å². The van der Waals surface area contributed by atoms with Crippen LogP contribution in [0.5, 0.6) is 0 Å². The molecular formula is C20H23BrN4O4. The average Bonchev–Trinajstić information content (AvgIpc) is 3.26. The molecule has 1 saturated heterocycles. The van der Waals surface area contributed by atoms with Crippen LogP contribution >= 0.6 is 15.9 Å². The van der Waals surface area contributed by atoms with Crippen LogP contribution < -0.4 is 10.6 Å². The first-order valence-electron chi connectivity index (χ1n) is 9.38. The third-order valence-electron chi connectivity index (χ3n) is 4.67. The Labute approximate surface area is 177 Å². The van der Waals surface area contributed by atoms with Crippen molar-refractivity contribution in [2.24, 2.45) is 0 Å². The van der Waals surface area contributed by atoms with E-state index in [-0.39, 0.29) is 12.5 Å². The third kappa shape index (κ3) is 6.16. The number of hydrogen-bond acceptors (Lipinski definition) is 5. The number of nitrogens with zero attached hydrogens (tertiary/aromatic N) is 2. The predicted octanol–water partition coefficient (Wildman–Crippen LogP) is 1.23. The molecule has 3 amide bonds. The number of carbonyl (C=O) groups is 3. The maximum Gasteiger partial charge on any atom is 0.309 e. The van der Waals surface area contributed by atoms with Crippen molar-refractivity contribution in [3.05, 3.63) is 58.5 Å². The van der Waals surface area contributed by atoms with Gasteiger partial charge in [-0.2, -0.15) is 0 Å². The molecule has 1 fully saturated rings. The number of amides is 3. The highest BCUT2D eigenvalue weighted by molar-refractivity contribution is 9.10. The summed E-state index contributed by atoms with van der Waals surface area (Å²) in [5.74, 6) is -0.743. The Morgan fingerprint density at radius 1 is 0.966 bits per heavy atom. The SMILES string of the molecule is O=C(NCCN1CCN(C(=O)c2ccc(Br)cc2)CC1)C(=O)NCc1ccco1. The quantitative estimate of drug-likeness (QED) is 0.629. The van der Waals surface area contributed by atoms with E-state index in [0.29, 0.717) is 37.5 Å². The molecule has 0 unspecified atom stereocenters. The molecule has 2 heterocycles. The van der Waals surface area contributed by atoms with E-state index in [0.717, 1.165) is 17.6 Å². The van der Waals surface area contributed by atoms with Crippen molar-refractivity contribution < 1.29 is 18.8 Å². The van der Waals surface area contributed by atoms with E-state index in [1.807, 2.05) is 29.2 Å². The molecule has 9 heteroatoms. The van der Waals surface area contributed by atoms with Crippen LogP contribution in [0.1, 0.15) is 16.1 Å². The zero-order valence-electron chi connectivity index (χ0n) is 15.9. The van der Waals surface area contributed by atoms with Crippen LogP contribution in [-0.4, -0.2) is 66.8 Å². The van der Waals surface area contributed by atoms with E-state index in [1.54, 1.807) is 12.1 Å². The van der Waals surface area contributed by atoms with Gasteiger partial charge in [0.2, 0.25) is 0 Å². The molecule has 0 radical (unpaired) electrons. The molecule has 0 aliphatic carbocycles. The molecule has 2 N–H and O–H groups in total. The van der Waals surface area contributed by atoms with Crippen molar-refractivity contribution in [1.29, 1.82) is 0 Å². The topological polar surface area (TPSA) is 94.9 Å². The number of hydrogen-bond donors (Lipinski definition) is 2. The monoisotopic (exact) mass is 462 g/mol. The van der Waals surface area contributed by atoms with Gasteiger partial charge in [0.05, 0.1) is 12.8 Å². The Hall–Kier alpha value is -2.65. The van der Waals surface area contributed by atoms with Crippen molar-refractivity contribution in [2.75, 3.05) is 39.3 Å². The zero-order chi connectivity index (χ0) is 20.6. The van der Waals surface area contributed by atoms with Crippen LogP contribution in [0.15, 0.2) is 51.6 Å². The zero-order valence-corrected chi connectivity index (χ0v) is 17.5. The summed E-state index contributed by atoms with van der Waals surface area (Å²) < 4.78 is 6.04. The summed E-state index contributed by atoms with van der Waals surface area (Å²) in [4.78, 5) is 40.1. The largest absolute Gasteiger partial charge is 0.467 e. The van der Waals surface area contributed by atoms with Crippen molar-refractivity contribution in [2.45, 2.75) is 6.54 Å². The average molecular weight is 463 g/mol. The first kappa shape index (κ1) is 21.1. The summed E-state index contributed by atoms with van der Waals surface area (Å²) in [5.41, 5.74) is 0.675. The highest BCUT2D eigenvalue weighted by Gasteiger charge is 2.22. The van der Waals surface area contributed by atoms with Gasteiger partial charge in [0, 0.05) is 49.3 Å². The van der Waals surface area contributed by atoms with Gasteiger partial charge in [0.1, 0.15) is 5.76 Å². The number of benzene rings is 1. The van der Waals surface area contributed by atoms with E-state index < -0.39 is 11.8 Å². The lowest BCUT2D eigenvalue weighted by Crippen LogP contribution is -2.50. The Bertz CT molecular complexity index is 831. The lowest BCUT2D eigenvalue weighted by molar-refractivity contribution is -0.139. The molecule has 29 heavy (non-hydrogen) atoms. The van der Waals surface area contributed by atoms with E-state index in [1.165, 1.54) is 6.26 Å². The molecule has 3 rings (SSSR count). The van der Waals surface area contributed by atoms with Gasteiger partial charge in [0.15, 0.2) is 0 Å². The molecule has 0 spiro atoms. The summed E-state index contributed by atoms with van der Waals surface area (Å²) >= 11 is 3.37. The van der Waals surface area contributed by atoms with Crippen LogP contribution in [0.3, 0.4) is 0 Å². The molecule has 1 aromatic heterocycles. The second-order valence-electron chi connectivity index (χ2n) is 6.66. The molecule has 0 atom stereocenters. The Kier molecular flexibility index (Phi) is 7.42. The minimum absolute atomic E-state index is 0.0266. The summed E-state index contributed by atoms with van der Waals surface area (Å²) in [6, 6.07) is 10.8. The first-order valence-corrected chi connectivity index (χ1v) is 10.2. The fourth-order valence-electron chi connectivity index (χ4n) is 3.02. The molecule has 1 aliphatic rings. The second kappa shape index (κ2) is 10.2. The Morgan fingerprint density at radius 3 is 2.31 bits per heavy atom. The molecule has 0 saturated carbocycles. The molecule has 0 bridgehead atoms. The molecular weight excluding hydrogens is 440 g/mol. The molecule has 2 aromatic rings. The lowest BCUT2D eigenvalue weighted by atomic mass is 10.2. The van der Waals surface area contributed by atoms with Gasteiger partial charge in [-0.05, 0) is 36.4 Å². The fraction of sp³-hybridized carbons (Fsp3) is 0.350.